The number of methoxy groups -OCH3 is 1. The van der Waals surface area contributed by atoms with E-state index in [4.69, 9.17) is 21.9 Å². The average molecular weight is 1110 g/mol. The van der Waals surface area contributed by atoms with Crippen molar-refractivity contribution >= 4 is 122 Å². The number of rotatable bonds is 6. The van der Waals surface area contributed by atoms with Crippen LogP contribution in [0, 0.1) is 27.7 Å². The molecule has 9 aromatic carbocycles. The standard InChI is InChI=1S/C20H16N2O6S.C20H16N2O2.C19H14N2O5S/c1-10-8-11(6-7-15(10)28-2)22-19(23)13-5-3-4-12-17(13)14(20(22)24)9-16(18(12)21)29(25,26)27;1-11-6-9-17(12(2)10-11)22-19(23)14-5-3-4-13-16(21)8-7-15(18(13)14)20(22)24;1-10-5-7-11(8-6-10)21-18(22)13-4-2-3-12-16(13)14(19(21)23)9-15(17(12)20)27(24,25)26/h3-9H,21H2,1-2H3,(H,25,26,27);3-10H,21H2,1-2H3;2-9H,20H2,1H3,(H,24,25,26). The Morgan fingerprint density at radius 2 is 0.825 bits per heavy atom. The lowest BCUT2D eigenvalue weighted by atomic mass is 9.92. The molecule has 0 aromatic heterocycles. The summed E-state index contributed by atoms with van der Waals surface area (Å²) >= 11 is 0. The summed E-state index contributed by atoms with van der Waals surface area (Å²) in [7, 11) is -7.82. The third-order valence-corrected chi connectivity index (χ3v) is 15.9. The first-order valence-corrected chi connectivity index (χ1v) is 27.1. The lowest BCUT2D eigenvalue weighted by Crippen LogP contribution is -2.40. The number of nitrogens with zero attached hydrogens (tertiary/aromatic N) is 3. The number of ether oxygens (including phenoxy) is 1. The Balaban J connectivity index is 0.000000136. The van der Waals surface area contributed by atoms with Crippen LogP contribution in [0.2, 0.25) is 0 Å². The highest BCUT2D eigenvalue weighted by molar-refractivity contribution is 7.86. The number of nitrogen functional groups attached to an aromatic ring is 3. The summed E-state index contributed by atoms with van der Waals surface area (Å²) in [5.41, 5.74) is 24.3. The van der Waals surface area contributed by atoms with Crippen molar-refractivity contribution in [2.75, 3.05) is 39.0 Å². The third-order valence-electron chi connectivity index (χ3n) is 14.1. The van der Waals surface area contributed by atoms with Crippen molar-refractivity contribution in [3.8, 4) is 5.75 Å². The minimum Gasteiger partial charge on any atom is -0.496 e. The topological polar surface area (TPSA) is 308 Å². The molecule has 0 aliphatic carbocycles. The van der Waals surface area contributed by atoms with E-state index in [0.717, 1.165) is 44.0 Å². The molecule has 80 heavy (non-hydrogen) atoms. The highest BCUT2D eigenvalue weighted by Gasteiger charge is 2.39. The number of hydrogen-bond acceptors (Lipinski definition) is 14. The molecule has 0 bridgehead atoms. The molecule has 3 aliphatic heterocycles. The van der Waals surface area contributed by atoms with Gasteiger partial charge in [-0.25, -0.2) is 14.7 Å². The zero-order valence-corrected chi connectivity index (χ0v) is 44.7. The van der Waals surface area contributed by atoms with E-state index in [0.29, 0.717) is 50.6 Å². The maximum atomic E-state index is 13.2. The molecule has 6 amide bonds. The second-order valence-corrected chi connectivity index (χ2v) is 21.9. The normalized spacial score (nSPS) is 13.9. The summed E-state index contributed by atoms with van der Waals surface area (Å²) in [5.74, 6) is -2.51. The molecule has 0 fully saturated rings. The van der Waals surface area contributed by atoms with Gasteiger partial charge in [-0.3, -0.25) is 37.9 Å². The second-order valence-electron chi connectivity index (χ2n) is 19.1. The van der Waals surface area contributed by atoms with Gasteiger partial charge in [-0.2, -0.15) is 16.8 Å². The Labute approximate surface area is 456 Å². The second kappa shape index (κ2) is 19.6. The first-order chi connectivity index (χ1) is 37.8. The number of anilines is 6. The van der Waals surface area contributed by atoms with Crippen molar-refractivity contribution in [2.45, 2.75) is 37.5 Å². The van der Waals surface area contributed by atoms with Gasteiger partial charge in [0.25, 0.3) is 55.7 Å². The van der Waals surface area contributed by atoms with E-state index in [1.54, 1.807) is 85.8 Å². The van der Waals surface area contributed by atoms with Crippen LogP contribution in [-0.2, 0) is 20.2 Å². The van der Waals surface area contributed by atoms with E-state index < -0.39 is 53.7 Å². The molecule has 9 aromatic rings. The number of hydrogen-bond donors (Lipinski definition) is 5. The Kier molecular flexibility index (Phi) is 13.1. The molecule has 12 rings (SSSR count). The van der Waals surface area contributed by atoms with Crippen LogP contribution < -0.4 is 36.6 Å². The van der Waals surface area contributed by atoms with Crippen molar-refractivity contribution in [1.29, 1.82) is 0 Å². The predicted octanol–water partition coefficient (Wildman–Crippen LogP) is 9.40. The van der Waals surface area contributed by atoms with Crippen molar-refractivity contribution in [1.82, 2.24) is 0 Å². The zero-order valence-electron chi connectivity index (χ0n) is 43.1. The number of benzene rings is 9. The fraction of sp³-hybridized carbons (Fsp3) is 0.0847. The molecule has 0 atom stereocenters. The maximum Gasteiger partial charge on any atom is 0.296 e. The smallest absolute Gasteiger partial charge is 0.296 e. The van der Waals surface area contributed by atoms with Crippen LogP contribution >= 0.6 is 0 Å². The number of imide groups is 3. The van der Waals surface area contributed by atoms with Crippen LogP contribution in [0.4, 0.5) is 34.1 Å². The van der Waals surface area contributed by atoms with E-state index in [-0.39, 0.29) is 67.0 Å². The van der Waals surface area contributed by atoms with Crippen LogP contribution in [0.25, 0.3) is 32.3 Å². The minimum absolute atomic E-state index is 0.0115. The Morgan fingerprint density at radius 1 is 0.412 bits per heavy atom. The van der Waals surface area contributed by atoms with Gasteiger partial charge in [-0.05, 0) is 118 Å². The fourth-order valence-electron chi connectivity index (χ4n) is 10.3. The van der Waals surface area contributed by atoms with Gasteiger partial charge in [0, 0.05) is 60.3 Å². The Hall–Kier alpha value is -9.80. The summed E-state index contributed by atoms with van der Waals surface area (Å²) in [6, 6.07) is 37.3. The molecular formula is C59H46N6O13S2. The van der Waals surface area contributed by atoms with Gasteiger partial charge >= 0.3 is 0 Å². The van der Waals surface area contributed by atoms with Crippen LogP contribution in [-0.4, -0.2) is 68.5 Å². The number of aryl methyl sites for hydroxylation is 4. The quantitative estimate of drug-likeness (QED) is 0.0588. The molecular weight excluding hydrogens is 1060 g/mol. The van der Waals surface area contributed by atoms with Crippen LogP contribution in [0.5, 0.6) is 5.75 Å². The van der Waals surface area contributed by atoms with Crippen LogP contribution in [0.15, 0.2) is 149 Å². The van der Waals surface area contributed by atoms with Gasteiger partial charge in [-0.1, -0.05) is 71.8 Å². The number of carbonyl (C=O) groups excluding carboxylic acids is 6. The van der Waals surface area contributed by atoms with E-state index >= 15 is 0 Å². The molecule has 0 unspecified atom stereocenters. The predicted molar refractivity (Wildman–Crippen MR) is 303 cm³/mol. The molecule has 0 saturated carbocycles. The van der Waals surface area contributed by atoms with Gasteiger partial charge in [0.2, 0.25) is 0 Å². The number of nitrogens with two attached hydrogens (primary N) is 3. The molecule has 0 radical (unpaired) electrons. The van der Waals surface area contributed by atoms with Gasteiger partial charge in [0.05, 0.1) is 46.7 Å². The zero-order chi connectivity index (χ0) is 57.6. The molecule has 3 aliphatic rings. The molecule has 0 saturated heterocycles. The SMILES string of the molecule is COc1ccc(N2C(=O)c3cccc4c(N)c(S(=O)(=O)O)cc(c34)C2=O)cc1C.Cc1ccc(N2C(=O)c3cccc4c(N)c(S(=O)(=O)O)cc(c34)C2=O)cc1.Cc1ccc(N2C(=O)c3cccc4c(N)ccc(c34)C2=O)c(C)c1. The fourth-order valence-corrected chi connectivity index (χ4v) is 11.6. The van der Waals surface area contributed by atoms with Crippen LogP contribution in [0.1, 0.15) is 84.4 Å². The minimum atomic E-state index is -4.68. The maximum absolute atomic E-state index is 13.2. The van der Waals surface area contributed by atoms with E-state index in [1.165, 1.54) is 36.3 Å². The third kappa shape index (κ3) is 8.79. The molecule has 8 N–H and O–H groups in total. The highest BCUT2D eigenvalue weighted by Crippen LogP contribution is 2.42. The molecule has 0 spiro atoms. The summed E-state index contributed by atoms with van der Waals surface area (Å²) in [6.07, 6.45) is 0. The Morgan fingerprint density at radius 3 is 1.29 bits per heavy atom. The van der Waals surface area contributed by atoms with Crippen molar-refractivity contribution in [3.63, 3.8) is 0 Å². The van der Waals surface area contributed by atoms with E-state index in [1.807, 2.05) is 45.0 Å². The number of amides is 6. The number of carbonyl (C=O) groups is 6. The molecule has 19 nitrogen and oxygen atoms in total. The van der Waals surface area contributed by atoms with Crippen molar-refractivity contribution < 1.29 is 59.4 Å². The lowest BCUT2D eigenvalue weighted by molar-refractivity contribution is 0.0877. The molecule has 21 heteroatoms. The molecule has 402 valence electrons. The van der Waals surface area contributed by atoms with E-state index in [2.05, 4.69) is 0 Å². The van der Waals surface area contributed by atoms with E-state index in [9.17, 15) is 54.7 Å². The van der Waals surface area contributed by atoms with Gasteiger partial charge in [-0.15, -0.1) is 0 Å². The van der Waals surface area contributed by atoms with Crippen molar-refractivity contribution in [2.24, 2.45) is 0 Å². The summed E-state index contributed by atoms with van der Waals surface area (Å²) in [4.78, 5) is 80.6. The van der Waals surface area contributed by atoms with Gasteiger partial charge < -0.3 is 21.9 Å². The highest BCUT2D eigenvalue weighted by atomic mass is 32.2. The lowest BCUT2D eigenvalue weighted by Gasteiger charge is -2.28. The van der Waals surface area contributed by atoms with Gasteiger partial charge in [0.15, 0.2) is 0 Å². The monoisotopic (exact) mass is 1110 g/mol. The summed E-state index contributed by atoms with van der Waals surface area (Å²) in [5, 5.41) is 2.36. The first-order valence-electron chi connectivity index (χ1n) is 24.3. The summed E-state index contributed by atoms with van der Waals surface area (Å²) < 4.78 is 71.2. The van der Waals surface area contributed by atoms with Crippen molar-refractivity contribution in [3.05, 3.63) is 195 Å². The first kappa shape index (κ1) is 53.6. The summed E-state index contributed by atoms with van der Waals surface area (Å²) in [6.45, 7) is 7.53. The van der Waals surface area contributed by atoms with Crippen LogP contribution in [0.3, 0.4) is 0 Å². The largest absolute Gasteiger partial charge is 0.496 e. The molecule has 3 heterocycles. The average Bonchev–Trinajstić information content (AvgIpc) is 3.50. The van der Waals surface area contributed by atoms with Gasteiger partial charge in [0.1, 0.15) is 15.5 Å². The Bertz CT molecular complexity index is 4500.